The van der Waals surface area contributed by atoms with Gasteiger partial charge in [0.15, 0.2) is 5.78 Å². The van der Waals surface area contributed by atoms with Gasteiger partial charge in [0.25, 0.3) is 0 Å². The van der Waals surface area contributed by atoms with Gasteiger partial charge in [0.05, 0.1) is 5.56 Å². The first kappa shape index (κ1) is 17.4. The molecule has 1 aromatic rings. The smallest absolute Gasteiger partial charge is 0.406 e. The van der Waals surface area contributed by atoms with Gasteiger partial charge in [-0.2, -0.15) is 0 Å². The third-order valence-corrected chi connectivity index (χ3v) is 2.22. The van der Waals surface area contributed by atoms with Crippen LogP contribution in [-0.4, -0.2) is 24.4 Å². The molecular weight excluding hydrogens is 330 g/mol. The number of benzene rings is 1. The Morgan fingerprint density at radius 3 is 2.10 bits per heavy atom. The van der Waals surface area contributed by atoms with Crippen molar-refractivity contribution in [3.8, 4) is 11.5 Å². The SMILES string of the molecule is O=C(CCCl)c1cc(OC(F)(F)F)ccc1OC(F)(F)F. The lowest BCUT2D eigenvalue weighted by Gasteiger charge is -2.15. The largest absolute Gasteiger partial charge is 0.573 e. The molecule has 0 saturated carbocycles. The molecule has 0 atom stereocenters. The van der Waals surface area contributed by atoms with Crippen LogP contribution in [0.3, 0.4) is 0 Å². The van der Waals surface area contributed by atoms with Gasteiger partial charge in [-0.15, -0.1) is 37.9 Å². The Hall–Kier alpha value is -1.64. The van der Waals surface area contributed by atoms with E-state index in [1.165, 1.54) is 0 Å². The molecule has 21 heavy (non-hydrogen) atoms. The molecule has 0 aliphatic heterocycles. The summed E-state index contributed by atoms with van der Waals surface area (Å²) in [5.74, 6) is -2.88. The normalized spacial score (nSPS) is 12.1. The van der Waals surface area contributed by atoms with Crippen LogP contribution < -0.4 is 9.47 Å². The number of Topliss-reactive ketones (excluding diaryl/α,β-unsaturated/α-hetero) is 1. The second-order valence-corrected chi connectivity index (χ2v) is 3.99. The van der Waals surface area contributed by atoms with E-state index in [-0.39, 0.29) is 12.3 Å². The van der Waals surface area contributed by atoms with Gasteiger partial charge in [-0.05, 0) is 18.2 Å². The molecule has 1 rings (SSSR count). The van der Waals surface area contributed by atoms with Gasteiger partial charge < -0.3 is 9.47 Å². The van der Waals surface area contributed by atoms with Crippen LogP contribution in [0.2, 0.25) is 0 Å². The zero-order valence-electron chi connectivity index (χ0n) is 10.0. The van der Waals surface area contributed by atoms with Crippen LogP contribution in [-0.2, 0) is 0 Å². The molecule has 3 nitrogen and oxygen atoms in total. The summed E-state index contributed by atoms with van der Waals surface area (Å²) >= 11 is 5.28. The number of alkyl halides is 7. The highest BCUT2D eigenvalue weighted by Crippen LogP contribution is 2.32. The molecule has 0 aromatic heterocycles. The third-order valence-electron chi connectivity index (χ3n) is 2.03. The van der Waals surface area contributed by atoms with Crippen LogP contribution in [0.4, 0.5) is 26.3 Å². The lowest BCUT2D eigenvalue weighted by molar-refractivity contribution is -0.277. The van der Waals surface area contributed by atoms with E-state index in [0.29, 0.717) is 18.2 Å². The van der Waals surface area contributed by atoms with Crippen LogP contribution in [0, 0.1) is 0 Å². The third kappa shape index (κ3) is 6.11. The fraction of sp³-hybridized carbons (Fsp3) is 0.364. The molecule has 0 N–H and O–H groups in total. The Bertz CT molecular complexity index is 512. The summed E-state index contributed by atoms with van der Waals surface area (Å²) in [5, 5.41) is 0. The first-order valence-electron chi connectivity index (χ1n) is 5.26. The second kappa shape index (κ2) is 6.42. The minimum Gasteiger partial charge on any atom is -0.406 e. The van der Waals surface area contributed by atoms with E-state index in [0.717, 1.165) is 0 Å². The Morgan fingerprint density at radius 1 is 1.05 bits per heavy atom. The van der Waals surface area contributed by atoms with Crippen LogP contribution in [0.15, 0.2) is 18.2 Å². The lowest BCUT2D eigenvalue weighted by atomic mass is 10.1. The Labute approximate surface area is 119 Å². The molecule has 0 spiro atoms. The summed E-state index contributed by atoms with van der Waals surface area (Å²) in [4.78, 5) is 11.6. The summed E-state index contributed by atoms with van der Waals surface area (Å²) < 4.78 is 79.8. The van der Waals surface area contributed by atoms with E-state index in [2.05, 4.69) is 9.47 Å². The molecule has 0 amide bonds. The lowest BCUT2D eigenvalue weighted by Crippen LogP contribution is -2.20. The Balaban J connectivity index is 3.16. The van der Waals surface area contributed by atoms with Crippen LogP contribution >= 0.6 is 11.6 Å². The van der Waals surface area contributed by atoms with Crippen LogP contribution in [0.1, 0.15) is 16.8 Å². The van der Waals surface area contributed by atoms with Crippen LogP contribution in [0.5, 0.6) is 11.5 Å². The molecule has 10 heteroatoms. The maximum Gasteiger partial charge on any atom is 0.573 e. The fourth-order valence-corrected chi connectivity index (χ4v) is 1.53. The zero-order chi connectivity index (χ0) is 16.3. The first-order valence-corrected chi connectivity index (χ1v) is 5.80. The van der Waals surface area contributed by atoms with E-state index < -0.39 is 35.6 Å². The fourth-order valence-electron chi connectivity index (χ4n) is 1.36. The van der Waals surface area contributed by atoms with Crippen LogP contribution in [0.25, 0.3) is 0 Å². The molecule has 0 fully saturated rings. The van der Waals surface area contributed by atoms with Gasteiger partial charge in [0.1, 0.15) is 11.5 Å². The van der Waals surface area contributed by atoms with Crippen molar-refractivity contribution >= 4 is 17.4 Å². The number of hydrogen-bond acceptors (Lipinski definition) is 3. The van der Waals surface area contributed by atoms with Gasteiger partial charge in [-0.1, -0.05) is 0 Å². The summed E-state index contributed by atoms with van der Waals surface area (Å²) in [6, 6.07) is 1.69. The van der Waals surface area contributed by atoms with Crippen molar-refractivity contribution in [1.29, 1.82) is 0 Å². The number of ether oxygens (including phenoxy) is 2. The molecule has 0 aliphatic rings. The van der Waals surface area contributed by atoms with Crippen molar-refractivity contribution in [1.82, 2.24) is 0 Å². The number of carbonyl (C=O) groups is 1. The van der Waals surface area contributed by atoms with Gasteiger partial charge in [0.2, 0.25) is 0 Å². The molecule has 118 valence electrons. The maximum absolute atomic E-state index is 12.2. The number of hydrogen-bond donors (Lipinski definition) is 0. The highest BCUT2D eigenvalue weighted by Gasteiger charge is 2.34. The summed E-state index contributed by atoms with van der Waals surface area (Å²) in [6.07, 6.45) is -10.5. The van der Waals surface area contributed by atoms with Crippen molar-refractivity contribution in [3.63, 3.8) is 0 Å². The van der Waals surface area contributed by atoms with E-state index >= 15 is 0 Å². The van der Waals surface area contributed by atoms with E-state index in [9.17, 15) is 31.1 Å². The molecular formula is C11H7ClF6O3. The van der Waals surface area contributed by atoms with Gasteiger partial charge in [-0.3, -0.25) is 4.79 Å². The first-order chi connectivity index (χ1) is 9.52. The number of halogens is 7. The molecule has 0 unspecified atom stereocenters. The molecule has 1 aromatic carbocycles. The average Bonchev–Trinajstić information content (AvgIpc) is 2.27. The summed E-state index contributed by atoms with van der Waals surface area (Å²) in [7, 11) is 0. The summed E-state index contributed by atoms with van der Waals surface area (Å²) in [5.41, 5.74) is -0.699. The van der Waals surface area contributed by atoms with E-state index in [1.807, 2.05) is 0 Å². The summed E-state index contributed by atoms with van der Waals surface area (Å²) in [6.45, 7) is 0. The van der Waals surface area contributed by atoms with Crippen molar-refractivity contribution in [2.75, 3.05) is 5.88 Å². The van der Waals surface area contributed by atoms with E-state index in [4.69, 9.17) is 11.6 Å². The standard InChI is InChI=1S/C11H7ClF6O3/c12-4-3-8(19)7-5-6(20-10(13,14)15)1-2-9(7)21-11(16,17)18/h1-2,5H,3-4H2. The molecule has 0 saturated heterocycles. The monoisotopic (exact) mass is 336 g/mol. The zero-order valence-corrected chi connectivity index (χ0v) is 10.8. The topological polar surface area (TPSA) is 35.5 Å². The Morgan fingerprint density at radius 2 is 1.62 bits per heavy atom. The van der Waals surface area contributed by atoms with Crippen molar-refractivity contribution in [2.24, 2.45) is 0 Å². The van der Waals surface area contributed by atoms with Crippen molar-refractivity contribution in [2.45, 2.75) is 19.1 Å². The van der Waals surface area contributed by atoms with Gasteiger partial charge in [0, 0.05) is 12.3 Å². The second-order valence-electron chi connectivity index (χ2n) is 3.62. The predicted molar refractivity (Wildman–Crippen MR) is 59.5 cm³/mol. The number of rotatable bonds is 5. The molecule has 0 radical (unpaired) electrons. The number of ketones is 1. The van der Waals surface area contributed by atoms with Gasteiger partial charge in [-0.25, -0.2) is 0 Å². The molecule has 0 aliphatic carbocycles. The van der Waals surface area contributed by atoms with Crippen molar-refractivity contribution in [3.05, 3.63) is 23.8 Å². The highest BCUT2D eigenvalue weighted by atomic mass is 35.5. The molecule has 0 bridgehead atoms. The minimum absolute atomic E-state index is 0.214. The highest BCUT2D eigenvalue weighted by molar-refractivity contribution is 6.19. The average molecular weight is 337 g/mol. The maximum atomic E-state index is 12.2. The minimum atomic E-state index is -5.09. The van der Waals surface area contributed by atoms with E-state index in [1.54, 1.807) is 0 Å². The quantitative estimate of drug-likeness (QED) is 0.457. The van der Waals surface area contributed by atoms with Gasteiger partial charge >= 0.3 is 12.7 Å². The van der Waals surface area contributed by atoms with Crippen molar-refractivity contribution < 1.29 is 40.6 Å². The predicted octanol–water partition coefficient (Wildman–Crippen LogP) is 4.30. The number of carbonyl (C=O) groups excluding carboxylic acids is 1. The Kier molecular flexibility index (Phi) is 5.32. The molecule has 0 heterocycles.